The van der Waals surface area contributed by atoms with Crippen LogP contribution in [0.15, 0.2) is 42.5 Å². The molecule has 1 aliphatic heterocycles. The number of ketones is 1. The molecule has 4 nitrogen and oxygen atoms in total. The smallest absolute Gasteiger partial charge is 0.167 e. The number of ether oxygens (including phenoxy) is 1. The van der Waals surface area contributed by atoms with Gasteiger partial charge in [-0.15, -0.1) is 0 Å². The molecular formula is C23H27ClN2O2. The molecule has 148 valence electrons. The van der Waals surface area contributed by atoms with E-state index in [0.29, 0.717) is 13.0 Å². The number of unbranched alkanes of at least 4 members (excludes halogenated alkanes) is 1. The zero-order valence-corrected chi connectivity index (χ0v) is 17.0. The summed E-state index contributed by atoms with van der Waals surface area (Å²) < 4.78 is 5.93. The summed E-state index contributed by atoms with van der Waals surface area (Å²) in [5.41, 5.74) is 3.21. The zero-order chi connectivity index (χ0) is 19.3. The fraction of sp³-hybridized carbons (Fsp3) is 0.435. The standard InChI is InChI=1S/C23H27ClN2O2/c24-19-7-9-20(10-8-19)26-15-13-25(14-16-26)12-1-2-17-28-22-5-3-4-18-6-11-21(27)23(18)22/h3-5,7-10H,1-2,6,11-17H2. The molecule has 4 rings (SSSR count). The lowest BCUT2D eigenvalue weighted by Gasteiger charge is -2.36. The Bertz CT molecular complexity index is 814. The summed E-state index contributed by atoms with van der Waals surface area (Å²) >= 11 is 5.98. The van der Waals surface area contributed by atoms with E-state index >= 15 is 0 Å². The molecule has 0 atom stereocenters. The number of halogens is 1. The number of fused-ring (bicyclic) bond motifs is 1. The summed E-state index contributed by atoms with van der Waals surface area (Å²) in [6.45, 7) is 6.05. The maximum Gasteiger partial charge on any atom is 0.167 e. The average Bonchev–Trinajstić information content (AvgIpc) is 3.11. The molecule has 2 aromatic carbocycles. The Balaban J connectivity index is 1.16. The van der Waals surface area contributed by atoms with Crippen LogP contribution in [0.3, 0.4) is 0 Å². The van der Waals surface area contributed by atoms with Gasteiger partial charge in [-0.1, -0.05) is 23.7 Å². The fourth-order valence-corrected chi connectivity index (χ4v) is 4.22. The van der Waals surface area contributed by atoms with Gasteiger partial charge in [-0.2, -0.15) is 0 Å². The van der Waals surface area contributed by atoms with Gasteiger partial charge in [-0.05, 0) is 61.7 Å². The molecule has 1 fully saturated rings. The van der Waals surface area contributed by atoms with Gasteiger partial charge in [-0.25, -0.2) is 0 Å². The Kier molecular flexibility index (Phi) is 6.18. The van der Waals surface area contributed by atoms with Crippen LogP contribution in [-0.4, -0.2) is 50.0 Å². The first kappa shape index (κ1) is 19.3. The third-order valence-corrected chi connectivity index (χ3v) is 5.96. The molecule has 0 aromatic heterocycles. The predicted molar refractivity (Wildman–Crippen MR) is 114 cm³/mol. The molecule has 2 aromatic rings. The Hall–Kier alpha value is -2.04. The molecular weight excluding hydrogens is 372 g/mol. The topological polar surface area (TPSA) is 32.8 Å². The van der Waals surface area contributed by atoms with Gasteiger partial charge in [0.15, 0.2) is 5.78 Å². The normalized spacial score (nSPS) is 17.0. The Morgan fingerprint density at radius 2 is 1.71 bits per heavy atom. The van der Waals surface area contributed by atoms with Crippen LogP contribution >= 0.6 is 11.6 Å². The van der Waals surface area contributed by atoms with Crippen molar-refractivity contribution in [3.63, 3.8) is 0 Å². The summed E-state index contributed by atoms with van der Waals surface area (Å²) in [6, 6.07) is 14.1. The molecule has 0 radical (unpaired) electrons. The molecule has 2 aliphatic rings. The van der Waals surface area contributed by atoms with Crippen LogP contribution in [0, 0.1) is 0 Å². The van der Waals surface area contributed by atoms with Gasteiger partial charge in [0, 0.05) is 43.3 Å². The number of anilines is 1. The number of nitrogens with zero attached hydrogens (tertiary/aromatic N) is 2. The lowest BCUT2D eigenvalue weighted by Crippen LogP contribution is -2.46. The van der Waals surface area contributed by atoms with Crippen molar-refractivity contribution in [2.75, 3.05) is 44.2 Å². The third-order valence-electron chi connectivity index (χ3n) is 5.70. The number of carbonyl (C=O) groups is 1. The van der Waals surface area contributed by atoms with E-state index < -0.39 is 0 Å². The second kappa shape index (κ2) is 8.97. The number of benzene rings is 2. The SMILES string of the molecule is O=C1CCc2cccc(OCCCCN3CCN(c4ccc(Cl)cc4)CC3)c21. The molecule has 0 bridgehead atoms. The van der Waals surface area contributed by atoms with Crippen LogP contribution in [-0.2, 0) is 6.42 Å². The number of hydrogen-bond donors (Lipinski definition) is 0. The highest BCUT2D eigenvalue weighted by Crippen LogP contribution is 2.30. The van der Waals surface area contributed by atoms with Gasteiger partial charge in [-0.3, -0.25) is 9.69 Å². The van der Waals surface area contributed by atoms with Gasteiger partial charge in [0.2, 0.25) is 0 Å². The van der Waals surface area contributed by atoms with E-state index in [2.05, 4.69) is 21.9 Å². The molecule has 0 saturated carbocycles. The van der Waals surface area contributed by atoms with E-state index in [9.17, 15) is 4.79 Å². The number of aryl methyl sites for hydroxylation is 1. The van der Waals surface area contributed by atoms with E-state index in [4.69, 9.17) is 16.3 Å². The second-order valence-corrected chi connectivity index (χ2v) is 8.01. The quantitative estimate of drug-likeness (QED) is 0.645. The molecule has 0 N–H and O–H groups in total. The van der Waals surface area contributed by atoms with Crippen molar-refractivity contribution in [2.24, 2.45) is 0 Å². The summed E-state index contributed by atoms with van der Waals surface area (Å²) in [4.78, 5) is 17.0. The van der Waals surface area contributed by atoms with E-state index in [0.717, 1.165) is 73.9 Å². The van der Waals surface area contributed by atoms with Crippen molar-refractivity contribution in [3.05, 3.63) is 58.6 Å². The van der Waals surface area contributed by atoms with Crippen LogP contribution in [0.1, 0.15) is 35.2 Å². The van der Waals surface area contributed by atoms with Crippen molar-refractivity contribution in [2.45, 2.75) is 25.7 Å². The monoisotopic (exact) mass is 398 g/mol. The molecule has 5 heteroatoms. The van der Waals surface area contributed by atoms with Crippen LogP contribution in [0.4, 0.5) is 5.69 Å². The number of rotatable bonds is 7. The van der Waals surface area contributed by atoms with E-state index in [-0.39, 0.29) is 5.78 Å². The maximum absolute atomic E-state index is 12.0. The van der Waals surface area contributed by atoms with Crippen LogP contribution in [0.2, 0.25) is 5.02 Å². The lowest BCUT2D eigenvalue weighted by atomic mass is 10.1. The average molecular weight is 399 g/mol. The first-order chi connectivity index (χ1) is 13.7. The first-order valence-electron chi connectivity index (χ1n) is 10.2. The highest BCUT2D eigenvalue weighted by atomic mass is 35.5. The molecule has 0 amide bonds. The van der Waals surface area contributed by atoms with Gasteiger partial charge < -0.3 is 9.64 Å². The molecule has 1 heterocycles. The summed E-state index contributed by atoms with van der Waals surface area (Å²) in [6.07, 6.45) is 3.60. The number of carbonyl (C=O) groups excluding carboxylic acids is 1. The highest BCUT2D eigenvalue weighted by molar-refractivity contribution is 6.30. The Morgan fingerprint density at radius 1 is 0.929 bits per heavy atom. The summed E-state index contributed by atoms with van der Waals surface area (Å²) in [5.74, 6) is 1.00. The zero-order valence-electron chi connectivity index (χ0n) is 16.2. The predicted octanol–water partition coefficient (Wildman–Crippen LogP) is 4.45. The van der Waals surface area contributed by atoms with Crippen molar-refractivity contribution in [1.82, 2.24) is 4.90 Å². The molecule has 1 saturated heterocycles. The van der Waals surface area contributed by atoms with Crippen LogP contribution < -0.4 is 9.64 Å². The molecule has 0 unspecified atom stereocenters. The molecule has 1 aliphatic carbocycles. The largest absolute Gasteiger partial charge is 0.493 e. The molecule has 28 heavy (non-hydrogen) atoms. The minimum atomic E-state index is 0.226. The minimum Gasteiger partial charge on any atom is -0.493 e. The molecule has 0 spiro atoms. The minimum absolute atomic E-state index is 0.226. The van der Waals surface area contributed by atoms with E-state index in [1.54, 1.807) is 0 Å². The van der Waals surface area contributed by atoms with Crippen molar-refractivity contribution >= 4 is 23.1 Å². The highest BCUT2D eigenvalue weighted by Gasteiger charge is 2.23. The fourth-order valence-electron chi connectivity index (χ4n) is 4.10. The van der Waals surface area contributed by atoms with Gasteiger partial charge >= 0.3 is 0 Å². The van der Waals surface area contributed by atoms with Gasteiger partial charge in [0.1, 0.15) is 5.75 Å². The van der Waals surface area contributed by atoms with Crippen LogP contribution in [0.25, 0.3) is 0 Å². The first-order valence-corrected chi connectivity index (χ1v) is 10.6. The number of hydrogen-bond acceptors (Lipinski definition) is 4. The van der Waals surface area contributed by atoms with Crippen LogP contribution in [0.5, 0.6) is 5.75 Å². The van der Waals surface area contributed by atoms with Crippen molar-refractivity contribution in [1.29, 1.82) is 0 Å². The third kappa shape index (κ3) is 4.50. The summed E-state index contributed by atoms with van der Waals surface area (Å²) in [5, 5.41) is 0.787. The van der Waals surface area contributed by atoms with Gasteiger partial charge in [0.25, 0.3) is 0 Å². The summed E-state index contributed by atoms with van der Waals surface area (Å²) in [7, 11) is 0. The van der Waals surface area contributed by atoms with E-state index in [1.807, 2.05) is 30.3 Å². The Labute approximate surface area is 172 Å². The second-order valence-electron chi connectivity index (χ2n) is 7.57. The van der Waals surface area contributed by atoms with Crippen molar-refractivity contribution in [3.8, 4) is 5.75 Å². The number of piperazine rings is 1. The maximum atomic E-state index is 12.0. The Morgan fingerprint density at radius 3 is 2.50 bits per heavy atom. The van der Waals surface area contributed by atoms with Crippen molar-refractivity contribution < 1.29 is 9.53 Å². The lowest BCUT2D eigenvalue weighted by molar-refractivity contribution is 0.0991. The van der Waals surface area contributed by atoms with E-state index in [1.165, 1.54) is 5.69 Å². The van der Waals surface area contributed by atoms with Gasteiger partial charge in [0.05, 0.1) is 12.2 Å². The number of Topliss-reactive ketones (excluding diaryl/α,β-unsaturated/α-hetero) is 1.